The van der Waals surface area contributed by atoms with E-state index >= 15 is 0 Å². The summed E-state index contributed by atoms with van der Waals surface area (Å²) in [6, 6.07) is 68.4. The zero-order valence-electron chi connectivity index (χ0n) is 32.3. The molecule has 0 spiro atoms. The third-order valence-electron chi connectivity index (χ3n) is 10.9. The smallest absolute Gasteiger partial charge is 0.137 e. The molecule has 0 radical (unpaired) electrons. The van der Waals surface area contributed by atoms with Crippen molar-refractivity contribution in [3.63, 3.8) is 0 Å². The van der Waals surface area contributed by atoms with Gasteiger partial charge in [0, 0.05) is 69.0 Å². The maximum atomic E-state index is 4.99. The second-order valence-electron chi connectivity index (χ2n) is 14.5. The van der Waals surface area contributed by atoms with Crippen LogP contribution in [0.4, 0.5) is 34.1 Å². The summed E-state index contributed by atoms with van der Waals surface area (Å²) in [5.41, 5.74) is 17.0. The van der Waals surface area contributed by atoms with Crippen molar-refractivity contribution in [3.05, 3.63) is 218 Å². The van der Waals surface area contributed by atoms with Crippen molar-refractivity contribution in [2.75, 3.05) is 9.80 Å². The Hall–Kier alpha value is -7.70. The zero-order valence-corrected chi connectivity index (χ0v) is 32.3. The minimum atomic E-state index is 0.945. The third-order valence-corrected chi connectivity index (χ3v) is 10.9. The van der Waals surface area contributed by atoms with Crippen LogP contribution in [0.3, 0.4) is 0 Å². The van der Waals surface area contributed by atoms with Crippen LogP contribution in [0.5, 0.6) is 0 Å². The zero-order chi connectivity index (χ0) is 39.0. The maximum absolute atomic E-state index is 4.99. The Morgan fingerprint density at radius 2 is 0.690 bits per heavy atom. The highest BCUT2D eigenvalue weighted by Crippen LogP contribution is 2.40. The van der Waals surface area contributed by atoms with Gasteiger partial charge in [-0.05, 0) is 122 Å². The molecule has 6 nitrogen and oxygen atoms in total. The number of hydrogen-bond acceptors (Lipinski definition) is 4. The van der Waals surface area contributed by atoms with Crippen LogP contribution in [0, 0.1) is 13.8 Å². The van der Waals surface area contributed by atoms with E-state index in [9.17, 15) is 0 Å². The summed E-state index contributed by atoms with van der Waals surface area (Å²) in [7, 11) is 0. The minimum absolute atomic E-state index is 0.945. The highest BCUT2D eigenvalue weighted by molar-refractivity contribution is 5.83. The molecule has 0 fully saturated rings. The molecule has 0 atom stereocenters. The number of benzene rings is 6. The minimum Gasteiger partial charge on any atom is -0.310 e. The van der Waals surface area contributed by atoms with Gasteiger partial charge in [-0.25, -0.2) is 9.97 Å². The molecule has 278 valence electrons. The van der Waals surface area contributed by atoms with Gasteiger partial charge in [0.15, 0.2) is 0 Å². The largest absolute Gasteiger partial charge is 0.310 e. The van der Waals surface area contributed by atoms with E-state index in [-0.39, 0.29) is 0 Å². The second kappa shape index (κ2) is 14.8. The summed E-state index contributed by atoms with van der Waals surface area (Å²) >= 11 is 0. The average Bonchev–Trinajstić information content (AvgIpc) is 3.81. The molecule has 0 saturated heterocycles. The summed E-state index contributed by atoms with van der Waals surface area (Å²) in [5.74, 6) is 0. The third kappa shape index (κ3) is 6.36. The number of para-hydroxylation sites is 2. The van der Waals surface area contributed by atoms with E-state index in [4.69, 9.17) is 9.97 Å². The Morgan fingerprint density at radius 1 is 0.328 bits per heavy atom. The van der Waals surface area contributed by atoms with Crippen LogP contribution >= 0.6 is 0 Å². The Balaban J connectivity index is 0.971. The molecule has 4 heterocycles. The van der Waals surface area contributed by atoms with E-state index in [0.717, 1.165) is 90.4 Å². The van der Waals surface area contributed by atoms with Gasteiger partial charge < -0.3 is 18.6 Å². The molecule has 4 aromatic heterocycles. The summed E-state index contributed by atoms with van der Waals surface area (Å²) in [5, 5.41) is 0. The molecule has 0 unspecified atom stereocenters. The summed E-state index contributed by atoms with van der Waals surface area (Å²) in [6.45, 7) is 4.26. The quantitative estimate of drug-likeness (QED) is 0.147. The maximum Gasteiger partial charge on any atom is 0.137 e. The van der Waals surface area contributed by atoms with Crippen LogP contribution in [-0.4, -0.2) is 18.8 Å². The lowest BCUT2D eigenvalue weighted by Crippen LogP contribution is -2.10. The molecule has 10 rings (SSSR count). The number of fused-ring (bicyclic) bond motifs is 2. The fourth-order valence-electron chi connectivity index (χ4n) is 8.02. The fraction of sp³-hybridized carbons (Fsp3) is 0.0385. The summed E-state index contributed by atoms with van der Waals surface area (Å²) in [4.78, 5) is 14.6. The van der Waals surface area contributed by atoms with Crippen LogP contribution in [0.25, 0.3) is 44.9 Å². The van der Waals surface area contributed by atoms with E-state index in [1.807, 2.05) is 24.3 Å². The first kappa shape index (κ1) is 34.8. The molecular formula is C52H40N6. The summed E-state index contributed by atoms with van der Waals surface area (Å²) in [6.07, 6.45) is 4.14. The molecule has 0 aliphatic carbocycles. The fourth-order valence-corrected chi connectivity index (χ4v) is 8.02. The Bertz CT molecular complexity index is 2810. The van der Waals surface area contributed by atoms with E-state index in [2.05, 4.69) is 215 Å². The van der Waals surface area contributed by atoms with Crippen molar-refractivity contribution in [2.24, 2.45) is 0 Å². The lowest BCUT2D eigenvalue weighted by molar-refractivity contribution is 1.11. The molecule has 10 aromatic rings. The Kier molecular flexibility index (Phi) is 8.84. The Labute approximate surface area is 338 Å². The topological polar surface area (TPSA) is 41.1 Å². The number of aromatic nitrogens is 4. The number of aryl methyl sites for hydroxylation is 2. The van der Waals surface area contributed by atoms with Crippen molar-refractivity contribution in [1.29, 1.82) is 0 Å². The highest BCUT2D eigenvalue weighted by Gasteiger charge is 2.18. The molecule has 6 heteroatoms. The normalized spacial score (nSPS) is 11.3. The first-order valence-corrected chi connectivity index (χ1v) is 19.6. The van der Waals surface area contributed by atoms with Crippen LogP contribution in [0.2, 0.25) is 0 Å². The number of anilines is 6. The van der Waals surface area contributed by atoms with Crippen molar-refractivity contribution >= 4 is 45.4 Å². The molecule has 0 aliphatic rings. The highest BCUT2D eigenvalue weighted by atomic mass is 15.1. The van der Waals surface area contributed by atoms with Gasteiger partial charge in [-0.3, -0.25) is 0 Å². The number of rotatable bonds is 9. The van der Waals surface area contributed by atoms with Crippen molar-refractivity contribution in [1.82, 2.24) is 18.8 Å². The van der Waals surface area contributed by atoms with Gasteiger partial charge in [-0.2, -0.15) is 0 Å². The van der Waals surface area contributed by atoms with Crippen LogP contribution in [0.1, 0.15) is 11.4 Å². The Morgan fingerprint density at radius 3 is 1.09 bits per heavy atom. The molecule has 0 amide bonds. The lowest BCUT2D eigenvalue weighted by atomic mass is 10.0. The number of imidazole rings is 2. The monoisotopic (exact) mass is 748 g/mol. The standard InChI is InChI=1S/C52H40N6/c1-37-51(53-49-23-9-11-33-55(37)49)41-15-13-21-47(35-41)57(43-17-5-3-6-18-43)45-29-25-39(26-30-45)40-27-31-46(32-28-40)58(44-19-7-4-8-20-44)48-22-14-16-42(36-48)52-38(2)56-34-12-10-24-50(56)54-52/h3-36H,1-2H3. The number of hydrogen-bond donors (Lipinski definition) is 0. The SMILES string of the molecule is Cc1c(-c2cccc(N(c3ccccc3)c3ccc(-c4ccc(N(c5ccccc5)c5cccc(-c6nc7ccccn7c6C)c5)cc4)cc3)c2)nc2ccccn12. The van der Waals surface area contributed by atoms with Gasteiger partial charge in [0.05, 0.1) is 11.4 Å². The predicted octanol–water partition coefficient (Wildman–Crippen LogP) is 13.5. The molecule has 58 heavy (non-hydrogen) atoms. The summed E-state index contributed by atoms with van der Waals surface area (Å²) < 4.78 is 4.29. The van der Waals surface area contributed by atoms with E-state index < -0.39 is 0 Å². The first-order chi connectivity index (χ1) is 28.6. The predicted molar refractivity (Wildman–Crippen MR) is 239 cm³/mol. The van der Waals surface area contributed by atoms with Gasteiger partial charge in [0.25, 0.3) is 0 Å². The van der Waals surface area contributed by atoms with E-state index in [1.165, 1.54) is 0 Å². The number of nitrogens with zero attached hydrogens (tertiary/aromatic N) is 6. The van der Waals surface area contributed by atoms with Gasteiger partial charge in [0.1, 0.15) is 11.3 Å². The lowest BCUT2D eigenvalue weighted by Gasteiger charge is -2.26. The van der Waals surface area contributed by atoms with Crippen molar-refractivity contribution in [2.45, 2.75) is 13.8 Å². The molecule has 0 N–H and O–H groups in total. The molecular weight excluding hydrogens is 709 g/mol. The molecule has 0 bridgehead atoms. The molecule has 6 aromatic carbocycles. The van der Waals surface area contributed by atoms with Gasteiger partial charge >= 0.3 is 0 Å². The van der Waals surface area contributed by atoms with Crippen molar-refractivity contribution in [3.8, 4) is 33.6 Å². The second-order valence-corrected chi connectivity index (χ2v) is 14.5. The van der Waals surface area contributed by atoms with E-state index in [0.29, 0.717) is 0 Å². The molecule has 0 aliphatic heterocycles. The van der Waals surface area contributed by atoms with Crippen LogP contribution < -0.4 is 9.80 Å². The van der Waals surface area contributed by atoms with Gasteiger partial charge in [-0.1, -0.05) is 97.1 Å². The number of pyridine rings is 2. The van der Waals surface area contributed by atoms with Gasteiger partial charge in [0.2, 0.25) is 0 Å². The van der Waals surface area contributed by atoms with Crippen LogP contribution in [-0.2, 0) is 0 Å². The van der Waals surface area contributed by atoms with Crippen LogP contribution in [0.15, 0.2) is 207 Å². The average molecular weight is 749 g/mol. The first-order valence-electron chi connectivity index (χ1n) is 19.6. The van der Waals surface area contributed by atoms with Crippen molar-refractivity contribution < 1.29 is 0 Å². The van der Waals surface area contributed by atoms with Gasteiger partial charge in [-0.15, -0.1) is 0 Å². The van der Waals surface area contributed by atoms with E-state index in [1.54, 1.807) is 0 Å². The molecule has 0 saturated carbocycles.